The molecular weight excluding hydrogens is 226 g/mol. The lowest BCUT2D eigenvalue weighted by Crippen LogP contribution is -2.15. The van der Waals surface area contributed by atoms with Crippen molar-refractivity contribution in [2.24, 2.45) is 0 Å². The summed E-state index contributed by atoms with van der Waals surface area (Å²) in [5.74, 6) is -0.793. The number of alkyl halides is 2. The minimum Gasteiger partial charge on any atom is -0.480 e. The third kappa shape index (κ3) is 4.26. The summed E-state index contributed by atoms with van der Waals surface area (Å²) < 4.78 is 29.1. The largest absolute Gasteiger partial charge is 0.480 e. The van der Waals surface area contributed by atoms with E-state index in [9.17, 15) is 13.6 Å². The summed E-state index contributed by atoms with van der Waals surface area (Å²) >= 11 is 0. The summed E-state index contributed by atoms with van der Waals surface area (Å²) in [7, 11) is 0. The van der Waals surface area contributed by atoms with Crippen molar-refractivity contribution < 1.29 is 23.4 Å². The molecule has 0 radical (unpaired) electrons. The normalized spacial score (nSPS) is 10.9. The summed E-state index contributed by atoms with van der Waals surface area (Å²) in [6, 6.07) is 0. The number of nitrogens with zero attached hydrogens (tertiary/aromatic N) is 4. The highest BCUT2D eigenvalue weighted by Gasteiger charge is 2.09. The topological polar surface area (TPSA) is 90.1 Å². The van der Waals surface area contributed by atoms with Crippen molar-refractivity contribution in [3.05, 3.63) is 5.82 Å². The first-order valence-electron chi connectivity index (χ1n) is 4.42. The average Bonchev–Trinajstić information content (AvgIpc) is 2.59. The fourth-order valence-electron chi connectivity index (χ4n) is 0.989. The molecule has 1 N–H and O–H groups in total. The Morgan fingerprint density at radius 2 is 2.31 bits per heavy atom. The lowest BCUT2D eigenvalue weighted by molar-refractivity contribution is -0.138. The van der Waals surface area contributed by atoms with Crippen molar-refractivity contribution in [2.75, 3.05) is 13.2 Å². The van der Waals surface area contributed by atoms with Gasteiger partial charge in [0.05, 0.1) is 6.61 Å². The van der Waals surface area contributed by atoms with Crippen LogP contribution in [0.1, 0.15) is 5.82 Å². The van der Waals surface area contributed by atoms with Gasteiger partial charge in [0.1, 0.15) is 13.2 Å². The molecule has 7 nitrogen and oxygen atoms in total. The van der Waals surface area contributed by atoms with E-state index in [1.165, 1.54) is 0 Å². The van der Waals surface area contributed by atoms with Gasteiger partial charge in [-0.25, -0.2) is 13.5 Å². The Hall–Kier alpha value is -1.64. The first-order valence-corrected chi connectivity index (χ1v) is 4.42. The Balaban J connectivity index is 2.36. The molecule has 0 bridgehead atoms. The number of aromatic nitrogens is 4. The van der Waals surface area contributed by atoms with E-state index < -0.39 is 19.0 Å². The SMILES string of the molecule is O=C(O)Cn1nnnc1CCOCC(F)F. The molecule has 0 amide bonds. The van der Waals surface area contributed by atoms with Crippen LogP contribution in [0.25, 0.3) is 0 Å². The molecule has 16 heavy (non-hydrogen) atoms. The minimum absolute atomic E-state index is 0.0182. The number of carbonyl (C=O) groups is 1. The molecular formula is C7H10F2N4O3. The smallest absolute Gasteiger partial charge is 0.325 e. The van der Waals surface area contributed by atoms with Crippen LogP contribution in [0.15, 0.2) is 0 Å². The van der Waals surface area contributed by atoms with E-state index in [2.05, 4.69) is 20.3 Å². The number of aliphatic carboxylic acids is 1. The second kappa shape index (κ2) is 6.05. The molecule has 0 spiro atoms. The molecule has 0 aliphatic heterocycles. The van der Waals surface area contributed by atoms with Gasteiger partial charge in [0.25, 0.3) is 6.43 Å². The zero-order chi connectivity index (χ0) is 12.0. The van der Waals surface area contributed by atoms with Crippen molar-refractivity contribution in [1.29, 1.82) is 0 Å². The zero-order valence-electron chi connectivity index (χ0n) is 8.21. The second-order valence-electron chi connectivity index (χ2n) is 2.86. The third-order valence-electron chi connectivity index (χ3n) is 1.60. The molecule has 9 heteroatoms. The van der Waals surface area contributed by atoms with E-state index in [0.29, 0.717) is 0 Å². The molecule has 0 unspecified atom stereocenters. The van der Waals surface area contributed by atoms with Crippen LogP contribution < -0.4 is 0 Å². The highest BCUT2D eigenvalue weighted by Crippen LogP contribution is 1.97. The zero-order valence-corrected chi connectivity index (χ0v) is 8.21. The molecule has 1 heterocycles. The van der Waals surface area contributed by atoms with Crippen LogP contribution >= 0.6 is 0 Å². The Bertz CT molecular complexity index is 344. The minimum atomic E-state index is -2.52. The summed E-state index contributed by atoms with van der Waals surface area (Å²) in [5, 5.41) is 18.8. The average molecular weight is 236 g/mol. The van der Waals surface area contributed by atoms with Gasteiger partial charge >= 0.3 is 5.97 Å². The van der Waals surface area contributed by atoms with Crippen LogP contribution in [0.5, 0.6) is 0 Å². The van der Waals surface area contributed by atoms with Crippen LogP contribution in [-0.4, -0.2) is 50.9 Å². The van der Waals surface area contributed by atoms with Crippen LogP contribution in [0.3, 0.4) is 0 Å². The lowest BCUT2D eigenvalue weighted by Gasteiger charge is -2.03. The summed E-state index contributed by atoms with van der Waals surface area (Å²) in [4.78, 5) is 10.4. The van der Waals surface area contributed by atoms with Gasteiger partial charge in [-0.2, -0.15) is 0 Å². The van der Waals surface area contributed by atoms with Gasteiger partial charge < -0.3 is 9.84 Å². The molecule has 0 aliphatic rings. The lowest BCUT2D eigenvalue weighted by atomic mass is 10.4. The number of hydrogen-bond acceptors (Lipinski definition) is 5. The van der Waals surface area contributed by atoms with E-state index in [0.717, 1.165) is 4.68 Å². The van der Waals surface area contributed by atoms with Gasteiger partial charge in [-0.05, 0) is 10.4 Å². The highest BCUT2D eigenvalue weighted by molar-refractivity contribution is 5.66. The van der Waals surface area contributed by atoms with Gasteiger partial charge in [0.15, 0.2) is 5.82 Å². The molecule has 1 aromatic heterocycles. The molecule has 0 atom stereocenters. The van der Waals surface area contributed by atoms with Crippen molar-refractivity contribution in [1.82, 2.24) is 20.2 Å². The van der Waals surface area contributed by atoms with Gasteiger partial charge in [0, 0.05) is 6.42 Å². The van der Waals surface area contributed by atoms with Crippen LogP contribution in [0.4, 0.5) is 8.78 Å². The van der Waals surface area contributed by atoms with Crippen LogP contribution in [0.2, 0.25) is 0 Å². The third-order valence-corrected chi connectivity index (χ3v) is 1.60. The molecule has 0 aromatic carbocycles. The summed E-state index contributed by atoms with van der Waals surface area (Å²) in [6.07, 6.45) is -2.33. The Labute approximate surface area is 89.0 Å². The molecule has 0 fully saturated rings. The number of rotatable bonds is 7. The molecule has 0 saturated carbocycles. The van der Waals surface area contributed by atoms with Crippen molar-refractivity contribution in [3.8, 4) is 0 Å². The Morgan fingerprint density at radius 1 is 1.56 bits per heavy atom. The predicted octanol–water partition coefficient (Wildman–Crippen LogP) is -0.418. The first-order chi connectivity index (χ1) is 7.59. The maximum Gasteiger partial charge on any atom is 0.325 e. The first kappa shape index (κ1) is 12.4. The monoisotopic (exact) mass is 236 g/mol. The molecule has 0 saturated heterocycles. The number of ether oxygens (including phenoxy) is 1. The van der Waals surface area contributed by atoms with Gasteiger partial charge in [-0.15, -0.1) is 5.10 Å². The van der Waals surface area contributed by atoms with Crippen LogP contribution in [0, 0.1) is 0 Å². The summed E-state index contributed by atoms with van der Waals surface area (Å²) in [5.41, 5.74) is 0. The second-order valence-corrected chi connectivity index (χ2v) is 2.86. The van der Waals surface area contributed by atoms with E-state index in [-0.39, 0.29) is 25.4 Å². The van der Waals surface area contributed by atoms with Crippen LogP contribution in [-0.2, 0) is 22.5 Å². The number of hydrogen-bond donors (Lipinski definition) is 1. The van der Waals surface area contributed by atoms with Gasteiger partial charge in [0.2, 0.25) is 0 Å². The summed E-state index contributed by atoms with van der Waals surface area (Å²) in [6.45, 7) is -0.998. The maximum absolute atomic E-state index is 11.7. The number of tetrazole rings is 1. The Morgan fingerprint density at radius 3 is 2.94 bits per heavy atom. The number of halogens is 2. The standard InChI is InChI=1S/C7H10F2N4O3/c8-5(9)4-16-2-1-6-10-11-12-13(6)3-7(14)15/h5H,1-4H2,(H,14,15). The van der Waals surface area contributed by atoms with Crippen molar-refractivity contribution in [3.63, 3.8) is 0 Å². The van der Waals surface area contributed by atoms with E-state index in [1.807, 2.05) is 0 Å². The molecule has 90 valence electrons. The Kier molecular flexibility index (Phi) is 4.70. The van der Waals surface area contributed by atoms with Gasteiger partial charge in [-0.1, -0.05) is 0 Å². The number of carboxylic acids is 1. The predicted molar refractivity (Wildman–Crippen MR) is 46.0 cm³/mol. The van der Waals surface area contributed by atoms with E-state index in [4.69, 9.17) is 5.11 Å². The fourth-order valence-corrected chi connectivity index (χ4v) is 0.989. The fraction of sp³-hybridized carbons (Fsp3) is 0.714. The molecule has 1 aromatic rings. The maximum atomic E-state index is 11.7. The molecule has 1 rings (SSSR count). The quantitative estimate of drug-likeness (QED) is 0.647. The van der Waals surface area contributed by atoms with Crippen molar-refractivity contribution >= 4 is 5.97 Å². The highest BCUT2D eigenvalue weighted by atomic mass is 19.3. The van der Waals surface area contributed by atoms with E-state index in [1.54, 1.807) is 0 Å². The van der Waals surface area contributed by atoms with E-state index >= 15 is 0 Å². The van der Waals surface area contributed by atoms with Crippen molar-refractivity contribution in [2.45, 2.75) is 19.4 Å². The molecule has 0 aliphatic carbocycles. The van der Waals surface area contributed by atoms with Gasteiger partial charge in [-0.3, -0.25) is 4.79 Å². The number of carboxylic acid groups (broad SMARTS) is 1.